The Morgan fingerprint density at radius 3 is 2.56 bits per heavy atom. The number of nitrogens with two attached hydrogens (primary N) is 1. The summed E-state index contributed by atoms with van der Waals surface area (Å²) in [6.45, 7) is 0. The van der Waals surface area contributed by atoms with Gasteiger partial charge in [-0.15, -0.1) is 0 Å². The number of H-pyrrole nitrogens is 1. The van der Waals surface area contributed by atoms with Crippen molar-refractivity contribution in [2.24, 2.45) is 0 Å². The molecule has 3 N–H and O–H groups in total. The maximum atomic E-state index is 13.7. The summed E-state index contributed by atoms with van der Waals surface area (Å²) in [6, 6.07) is 7.18. The fraction of sp³-hybridized carbons (Fsp3) is 0.182. The number of nitrogens with one attached hydrogen (secondary N) is 1. The fourth-order valence-electron chi connectivity index (χ4n) is 1.45. The van der Waals surface area contributed by atoms with Gasteiger partial charge >= 0.3 is 0 Å². The molecule has 0 radical (unpaired) electrons. The van der Waals surface area contributed by atoms with E-state index in [1.807, 2.05) is 0 Å². The third-order valence-corrected chi connectivity index (χ3v) is 2.28. The fourth-order valence-corrected chi connectivity index (χ4v) is 1.45. The number of aromatic amines is 1. The quantitative estimate of drug-likeness (QED) is 0.839. The molecule has 1 unspecified atom stereocenters. The lowest BCUT2D eigenvalue weighted by Gasteiger charge is -2.05. The summed E-state index contributed by atoms with van der Waals surface area (Å²) in [7, 11) is 0. The predicted molar refractivity (Wildman–Crippen MR) is 57.0 cm³/mol. The molecule has 0 spiro atoms. The molecule has 1 aromatic heterocycles. The third kappa shape index (κ3) is 2.36. The number of benzene rings is 1. The standard InChI is InChI=1S/C11H11F2N3/c12-8-3-1-7(2-4-8)5-9(13)10-6-11(14)16-15-10/h1-4,6,9H,5H2,(H3,14,15,16). The number of rotatable bonds is 3. The first kappa shape index (κ1) is 10.6. The van der Waals surface area contributed by atoms with Gasteiger partial charge in [0.25, 0.3) is 0 Å². The van der Waals surface area contributed by atoms with E-state index in [2.05, 4.69) is 10.2 Å². The van der Waals surface area contributed by atoms with Crippen molar-refractivity contribution in [3.05, 3.63) is 47.4 Å². The molecule has 0 aliphatic carbocycles. The molecule has 3 nitrogen and oxygen atoms in total. The summed E-state index contributed by atoms with van der Waals surface area (Å²) in [5.74, 6) is -0.0679. The second-order valence-corrected chi connectivity index (χ2v) is 3.55. The molecule has 0 amide bonds. The molecule has 5 heteroatoms. The highest BCUT2D eigenvalue weighted by Gasteiger charge is 2.13. The minimum Gasteiger partial charge on any atom is -0.382 e. The van der Waals surface area contributed by atoms with E-state index in [4.69, 9.17) is 5.73 Å². The van der Waals surface area contributed by atoms with Crippen molar-refractivity contribution in [3.63, 3.8) is 0 Å². The number of nitrogens with zero attached hydrogens (tertiary/aromatic N) is 1. The Bertz CT molecular complexity index is 464. The van der Waals surface area contributed by atoms with Crippen LogP contribution in [0.1, 0.15) is 17.4 Å². The van der Waals surface area contributed by atoms with E-state index in [-0.39, 0.29) is 18.1 Å². The highest BCUT2D eigenvalue weighted by Crippen LogP contribution is 2.21. The summed E-state index contributed by atoms with van der Waals surface area (Å²) in [5.41, 5.74) is 6.43. The van der Waals surface area contributed by atoms with Crippen molar-refractivity contribution in [2.45, 2.75) is 12.6 Å². The SMILES string of the molecule is Nc1cc(C(F)Cc2ccc(F)cc2)[nH]n1. The topological polar surface area (TPSA) is 54.7 Å². The first-order valence-electron chi connectivity index (χ1n) is 4.84. The van der Waals surface area contributed by atoms with Gasteiger partial charge in [-0.3, -0.25) is 5.10 Å². The lowest BCUT2D eigenvalue weighted by atomic mass is 10.1. The van der Waals surface area contributed by atoms with Gasteiger partial charge in [-0.2, -0.15) is 5.10 Å². The molecule has 0 aliphatic rings. The van der Waals surface area contributed by atoms with Crippen molar-refractivity contribution in [1.29, 1.82) is 0 Å². The molecular weight excluding hydrogens is 212 g/mol. The van der Waals surface area contributed by atoms with Crippen LogP contribution in [0.25, 0.3) is 0 Å². The Hall–Kier alpha value is -1.91. The van der Waals surface area contributed by atoms with Gasteiger partial charge in [0, 0.05) is 12.5 Å². The lowest BCUT2D eigenvalue weighted by Crippen LogP contribution is -1.97. The van der Waals surface area contributed by atoms with Crippen LogP contribution in [-0.4, -0.2) is 10.2 Å². The van der Waals surface area contributed by atoms with Crippen LogP contribution in [0, 0.1) is 5.82 Å². The van der Waals surface area contributed by atoms with Crippen LogP contribution in [0.2, 0.25) is 0 Å². The Kier molecular flexibility index (Phi) is 2.85. The first-order valence-corrected chi connectivity index (χ1v) is 4.84. The molecule has 0 aliphatic heterocycles. The van der Waals surface area contributed by atoms with Crippen LogP contribution in [-0.2, 0) is 6.42 Å². The normalized spacial score (nSPS) is 12.6. The smallest absolute Gasteiger partial charge is 0.145 e. The number of hydrogen-bond donors (Lipinski definition) is 2. The highest BCUT2D eigenvalue weighted by molar-refractivity contribution is 5.30. The average Bonchev–Trinajstić information content (AvgIpc) is 2.68. The van der Waals surface area contributed by atoms with Gasteiger partial charge in [-0.25, -0.2) is 8.78 Å². The second-order valence-electron chi connectivity index (χ2n) is 3.55. The Labute approximate surface area is 91.3 Å². The number of hydrogen-bond acceptors (Lipinski definition) is 2. The van der Waals surface area contributed by atoms with Crippen LogP contribution in [0.3, 0.4) is 0 Å². The summed E-state index contributed by atoms with van der Waals surface area (Å²) in [4.78, 5) is 0. The van der Waals surface area contributed by atoms with Gasteiger partial charge in [0.2, 0.25) is 0 Å². The highest BCUT2D eigenvalue weighted by atomic mass is 19.1. The molecule has 0 fully saturated rings. The van der Waals surface area contributed by atoms with Crippen molar-refractivity contribution in [1.82, 2.24) is 10.2 Å². The third-order valence-electron chi connectivity index (χ3n) is 2.28. The van der Waals surface area contributed by atoms with Gasteiger partial charge in [0.15, 0.2) is 0 Å². The largest absolute Gasteiger partial charge is 0.382 e. The number of alkyl halides is 1. The zero-order valence-corrected chi connectivity index (χ0v) is 8.45. The van der Waals surface area contributed by atoms with Crippen LogP contribution in [0.15, 0.2) is 30.3 Å². The Morgan fingerprint density at radius 2 is 2.00 bits per heavy atom. The van der Waals surface area contributed by atoms with E-state index in [9.17, 15) is 8.78 Å². The van der Waals surface area contributed by atoms with Gasteiger partial charge in [-0.1, -0.05) is 12.1 Å². The molecule has 0 saturated heterocycles. The maximum Gasteiger partial charge on any atom is 0.145 e. The van der Waals surface area contributed by atoms with E-state index >= 15 is 0 Å². The number of nitrogen functional groups attached to an aromatic ring is 1. The zero-order valence-electron chi connectivity index (χ0n) is 8.45. The van der Waals surface area contributed by atoms with Crippen LogP contribution < -0.4 is 5.73 Å². The molecular formula is C11H11F2N3. The molecule has 16 heavy (non-hydrogen) atoms. The molecule has 2 aromatic rings. The summed E-state index contributed by atoms with van der Waals surface area (Å²) in [6.07, 6.45) is -1.04. The number of aromatic nitrogens is 2. The molecule has 2 rings (SSSR count). The number of anilines is 1. The Balaban J connectivity index is 2.07. The van der Waals surface area contributed by atoms with E-state index in [0.717, 1.165) is 5.56 Å². The van der Waals surface area contributed by atoms with E-state index in [0.29, 0.717) is 5.69 Å². The summed E-state index contributed by atoms with van der Waals surface area (Å²) >= 11 is 0. The van der Waals surface area contributed by atoms with E-state index in [1.165, 1.54) is 18.2 Å². The van der Waals surface area contributed by atoms with E-state index in [1.54, 1.807) is 12.1 Å². The van der Waals surface area contributed by atoms with E-state index < -0.39 is 6.17 Å². The lowest BCUT2D eigenvalue weighted by molar-refractivity contribution is 0.334. The summed E-state index contributed by atoms with van der Waals surface area (Å²) < 4.78 is 26.3. The van der Waals surface area contributed by atoms with Gasteiger partial charge in [0.05, 0.1) is 5.69 Å². The van der Waals surface area contributed by atoms with Gasteiger partial charge < -0.3 is 5.73 Å². The Morgan fingerprint density at radius 1 is 1.31 bits per heavy atom. The van der Waals surface area contributed by atoms with Crippen LogP contribution in [0.5, 0.6) is 0 Å². The second kappa shape index (κ2) is 4.30. The van der Waals surface area contributed by atoms with Crippen molar-refractivity contribution < 1.29 is 8.78 Å². The summed E-state index contributed by atoms with van der Waals surface area (Å²) in [5, 5.41) is 6.16. The molecule has 84 valence electrons. The van der Waals surface area contributed by atoms with Gasteiger partial charge in [-0.05, 0) is 17.7 Å². The van der Waals surface area contributed by atoms with Crippen molar-refractivity contribution >= 4 is 5.82 Å². The molecule has 1 atom stereocenters. The van der Waals surface area contributed by atoms with Crippen molar-refractivity contribution in [3.8, 4) is 0 Å². The number of halogens is 2. The zero-order chi connectivity index (χ0) is 11.5. The molecule has 1 heterocycles. The maximum absolute atomic E-state index is 13.7. The predicted octanol–water partition coefficient (Wildman–Crippen LogP) is 2.38. The monoisotopic (exact) mass is 223 g/mol. The average molecular weight is 223 g/mol. The van der Waals surface area contributed by atoms with Crippen LogP contribution >= 0.6 is 0 Å². The molecule has 1 aromatic carbocycles. The molecule has 0 saturated carbocycles. The molecule has 0 bridgehead atoms. The van der Waals surface area contributed by atoms with Gasteiger partial charge in [0.1, 0.15) is 17.8 Å². The minimum atomic E-state index is -1.21. The minimum absolute atomic E-state index is 0.169. The van der Waals surface area contributed by atoms with Crippen molar-refractivity contribution in [2.75, 3.05) is 5.73 Å². The van der Waals surface area contributed by atoms with Crippen LogP contribution in [0.4, 0.5) is 14.6 Å². The first-order chi connectivity index (χ1) is 7.65.